The van der Waals surface area contributed by atoms with Crippen LogP contribution in [-0.4, -0.2) is 53.1 Å². The topological polar surface area (TPSA) is 83.0 Å². The van der Waals surface area contributed by atoms with E-state index in [1.165, 1.54) is 0 Å². The second kappa shape index (κ2) is 7.11. The van der Waals surface area contributed by atoms with E-state index in [0.717, 1.165) is 12.1 Å². The van der Waals surface area contributed by atoms with E-state index < -0.39 is 5.97 Å². The number of ether oxygens (including phenoxy) is 1. The highest BCUT2D eigenvalue weighted by molar-refractivity contribution is 5.95. The zero-order valence-corrected chi connectivity index (χ0v) is 14.7. The van der Waals surface area contributed by atoms with Gasteiger partial charge >= 0.3 is 5.97 Å². The van der Waals surface area contributed by atoms with Crippen LogP contribution in [0.3, 0.4) is 0 Å². The minimum atomic E-state index is -0.960. The smallest absolute Gasteiger partial charge is 0.335 e. The number of rotatable bonds is 3. The molecule has 1 amide bonds. The van der Waals surface area contributed by atoms with E-state index in [1.54, 1.807) is 41.4 Å². The molecule has 138 valence electrons. The Bertz CT molecular complexity index is 908. The van der Waals surface area contributed by atoms with E-state index >= 15 is 0 Å². The number of hydrogen-bond acceptors (Lipinski definition) is 5. The molecule has 2 aliphatic heterocycles. The SMILES string of the molecule is O=C(O)c1ccc(N2CCOc3cc(C(=O)N4CC=CCC4)cnc32)cc1. The summed E-state index contributed by atoms with van der Waals surface area (Å²) in [6.45, 7) is 2.37. The molecule has 4 rings (SSSR count). The van der Waals surface area contributed by atoms with Gasteiger partial charge in [-0.2, -0.15) is 0 Å². The van der Waals surface area contributed by atoms with E-state index in [0.29, 0.717) is 43.4 Å². The second-order valence-electron chi connectivity index (χ2n) is 6.41. The van der Waals surface area contributed by atoms with Crippen LogP contribution in [0.15, 0.2) is 48.7 Å². The molecule has 27 heavy (non-hydrogen) atoms. The molecule has 7 heteroatoms. The standard InChI is InChI=1S/C20H19N3O4/c24-19(22-8-2-1-3-9-22)15-12-17-18(21-13-15)23(10-11-27-17)16-6-4-14(5-7-16)20(25)26/h1-2,4-7,12-13H,3,8-11H2,(H,25,26). The molecule has 1 aromatic heterocycles. The van der Waals surface area contributed by atoms with Crippen molar-refractivity contribution in [2.24, 2.45) is 0 Å². The van der Waals surface area contributed by atoms with Crippen molar-refractivity contribution in [3.63, 3.8) is 0 Å². The van der Waals surface area contributed by atoms with Crippen molar-refractivity contribution in [3.8, 4) is 5.75 Å². The summed E-state index contributed by atoms with van der Waals surface area (Å²) in [6, 6.07) is 8.36. The Kier molecular flexibility index (Phi) is 4.50. The lowest BCUT2D eigenvalue weighted by Crippen LogP contribution is -2.34. The third kappa shape index (κ3) is 3.36. The van der Waals surface area contributed by atoms with Crippen molar-refractivity contribution < 1.29 is 19.4 Å². The fraction of sp³-hybridized carbons (Fsp3) is 0.250. The van der Waals surface area contributed by atoms with Gasteiger partial charge in [0, 0.05) is 25.0 Å². The summed E-state index contributed by atoms with van der Waals surface area (Å²) >= 11 is 0. The number of fused-ring (bicyclic) bond motifs is 1. The van der Waals surface area contributed by atoms with Gasteiger partial charge in [-0.25, -0.2) is 9.78 Å². The highest BCUT2D eigenvalue weighted by Gasteiger charge is 2.24. The van der Waals surface area contributed by atoms with Gasteiger partial charge in [-0.15, -0.1) is 0 Å². The van der Waals surface area contributed by atoms with Crippen molar-refractivity contribution in [1.82, 2.24) is 9.88 Å². The average molecular weight is 365 g/mol. The van der Waals surface area contributed by atoms with E-state index in [1.807, 2.05) is 11.0 Å². The molecule has 0 spiro atoms. The minimum Gasteiger partial charge on any atom is -0.488 e. The number of aromatic nitrogens is 1. The first kappa shape index (κ1) is 17.1. The average Bonchev–Trinajstić information content (AvgIpc) is 2.73. The number of amides is 1. The highest BCUT2D eigenvalue weighted by atomic mass is 16.5. The summed E-state index contributed by atoms with van der Waals surface area (Å²) in [7, 11) is 0. The van der Waals surface area contributed by atoms with Gasteiger partial charge in [0.1, 0.15) is 6.61 Å². The van der Waals surface area contributed by atoms with Gasteiger partial charge in [-0.05, 0) is 36.8 Å². The first-order valence-corrected chi connectivity index (χ1v) is 8.81. The number of carbonyl (C=O) groups is 2. The molecule has 0 radical (unpaired) electrons. The van der Waals surface area contributed by atoms with Gasteiger partial charge in [-0.3, -0.25) is 4.79 Å². The van der Waals surface area contributed by atoms with Crippen LogP contribution in [-0.2, 0) is 0 Å². The molecule has 0 saturated heterocycles. The first-order valence-electron chi connectivity index (χ1n) is 8.81. The Balaban J connectivity index is 1.60. The number of hydrogen-bond donors (Lipinski definition) is 1. The molecule has 0 saturated carbocycles. The summed E-state index contributed by atoms with van der Waals surface area (Å²) in [5, 5.41) is 9.05. The predicted molar refractivity (Wildman–Crippen MR) is 99.8 cm³/mol. The maximum atomic E-state index is 12.7. The Labute approximate surface area is 156 Å². The molecular formula is C20H19N3O4. The van der Waals surface area contributed by atoms with Crippen LogP contribution in [0.1, 0.15) is 27.1 Å². The number of benzene rings is 1. The minimum absolute atomic E-state index is 0.0545. The number of carboxylic acid groups (broad SMARTS) is 1. The largest absolute Gasteiger partial charge is 0.488 e. The number of carbonyl (C=O) groups excluding carboxylic acids is 1. The van der Waals surface area contributed by atoms with Crippen LogP contribution in [0.25, 0.3) is 0 Å². The van der Waals surface area contributed by atoms with Gasteiger partial charge in [-0.1, -0.05) is 12.2 Å². The molecule has 3 heterocycles. The maximum absolute atomic E-state index is 12.7. The Morgan fingerprint density at radius 2 is 1.89 bits per heavy atom. The molecule has 0 bridgehead atoms. The lowest BCUT2D eigenvalue weighted by Gasteiger charge is -2.30. The van der Waals surface area contributed by atoms with Gasteiger partial charge in [0.15, 0.2) is 11.6 Å². The molecule has 1 aromatic carbocycles. The van der Waals surface area contributed by atoms with Gasteiger partial charge in [0.2, 0.25) is 0 Å². The zero-order valence-electron chi connectivity index (χ0n) is 14.7. The molecule has 0 unspecified atom stereocenters. The Morgan fingerprint density at radius 1 is 1.07 bits per heavy atom. The number of anilines is 2. The third-order valence-electron chi connectivity index (χ3n) is 4.68. The summed E-state index contributed by atoms with van der Waals surface area (Å²) in [6.07, 6.45) is 6.51. The fourth-order valence-corrected chi connectivity index (χ4v) is 3.26. The molecule has 0 atom stereocenters. The molecule has 1 N–H and O–H groups in total. The van der Waals surface area contributed by atoms with Gasteiger partial charge in [0.25, 0.3) is 5.91 Å². The van der Waals surface area contributed by atoms with E-state index in [9.17, 15) is 9.59 Å². The van der Waals surface area contributed by atoms with Crippen molar-refractivity contribution >= 4 is 23.4 Å². The van der Waals surface area contributed by atoms with E-state index in [4.69, 9.17) is 9.84 Å². The number of carboxylic acids is 1. The second-order valence-corrected chi connectivity index (χ2v) is 6.41. The van der Waals surface area contributed by atoms with Gasteiger partial charge < -0.3 is 19.6 Å². The van der Waals surface area contributed by atoms with Crippen LogP contribution >= 0.6 is 0 Å². The fourth-order valence-electron chi connectivity index (χ4n) is 3.26. The van der Waals surface area contributed by atoms with Crippen LogP contribution in [0, 0.1) is 0 Å². The van der Waals surface area contributed by atoms with E-state index in [2.05, 4.69) is 11.1 Å². The third-order valence-corrected chi connectivity index (χ3v) is 4.68. The summed E-state index contributed by atoms with van der Waals surface area (Å²) in [4.78, 5) is 31.9. The van der Waals surface area contributed by atoms with Crippen LogP contribution in [0.4, 0.5) is 11.5 Å². The molecule has 0 fully saturated rings. The van der Waals surface area contributed by atoms with Crippen LogP contribution < -0.4 is 9.64 Å². The zero-order chi connectivity index (χ0) is 18.8. The number of aromatic carboxylic acids is 1. The summed E-state index contributed by atoms with van der Waals surface area (Å²) < 4.78 is 5.73. The Hall–Kier alpha value is -3.35. The van der Waals surface area contributed by atoms with Crippen molar-refractivity contribution in [2.45, 2.75) is 6.42 Å². The van der Waals surface area contributed by atoms with E-state index in [-0.39, 0.29) is 11.5 Å². The molecule has 0 aliphatic carbocycles. The predicted octanol–water partition coefficient (Wildman–Crippen LogP) is 2.71. The van der Waals surface area contributed by atoms with Crippen LogP contribution in [0.2, 0.25) is 0 Å². The lowest BCUT2D eigenvalue weighted by atomic mass is 10.1. The molecule has 7 nitrogen and oxygen atoms in total. The van der Waals surface area contributed by atoms with Crippen LogP contribution in [0.5, 0.6) is 5.75 Å². The maximum Gasteiger partial charge on any atom is 0.335 e. The van der Waals surface area contributed by atoms with Crippen molar-refractivity contribution in [1.29, 1.82) is 0 Å². The van der Waals surface area contributed by atoms with Gasteiger partial charge in [0.05, 0.1) is 17.7 Å². The summed E-state index contributed by atoms with van der Waals surface area (Å²) in [5.41, 5.74) is 1.57. The molecule has 2 aromatic rings. The summed E-state index contributed by atoms with van der Waals surface area (Å²) in [5.74, 6) is 0.167. The molecular weight excluding hydrogens is 346 g/mol. The Morgan fingerprint density at radius 3 is 2.59 bits per heavy atom. The van der Waals surface area contributed by atoms with Crippen molar-refractivity contribution in [2.75, 3.05) is 31.1 Å². The monoisotopic (exact) mass is 365 g/mol. The number of pyridine rings is 1. The quantitative estimate of drug-likeness (QED) is 0.842. The van der Waals surface area contributed by atoms with Crippen molar-refractivity contribution in [3.05, 3.63) is 59.8 Å². The molecule has 2 aliphatic rings. The first-order chi connectivity index (χ1) is 13.1. The lowest BCUT2D eigenvalue weighted by molar-refractivity contribution is 0.0696. The number of nitrogens with zero attached hydrogens (tertiary/aromatic N) is 3. The normalized spacial score (nSPS) is 15.9. The highest BCUT2D eigenvalue weighted by Crippen LogP contribution is 2.35.